The van der Waals surface area contributed by atoms with Crippen LogP contribution < -0.4 is 10.2 Å². The van der Waals surface area contributed by atoms with Crippen LogP contribution in [0.4, 0.5) is 11.4 Å². The number of nitrogens with one attached hydrogen (secondary N) is 1. The van der Waals surface area contributed by atoms with Crippen LogP contribution in [0.2, 0.25) is 0 Å². The topological polar surface area (TPSA) is 82.8 Å². The summed E-state index contributed by atoms with van der Waals surface area (Å²) in [4.78, 5) is 33.1. The molecule has 3 aromatic rings. The van der Waals surface area contributed by atoms with Crippen molar-refractivity contribution in [1.29, 1.82) is 0 Å². The van der Waals surface area contributed by atoms with E-state index in [9.17, 15) is 9.59 Å². The first kappa shape index (κ1) is 17.7. The standard InChI is InChI=1S/C21H22N6O2/c1-15(28)26-14-21(23-16-5-2-3-6-18(16)26)7-11-25(12-8-21)20(29)17-13-19-22-9-4-10-27(19)24-17/h2-6,9-10,13,23H,7-8,11-12,14H2,1H3. The van der Waals surface area contributed by atoms with Gasteiger partial charge in [-0.05, 0) is 31.0 Å². The van der Waals surface area contributed by atoms with Crippen molar-refractivity contribution in [2.75, 3.05) is 29.9 Å². The Bertz CT molecular complexity index is 1070. The van der Waals surface area contributed by atoms with E-state index >= 15 is 0 Å². The van der Waals surface area contributed by atoms with E-state index < -0.39 is 0 Å². The lowest BCUT2D eigenvalue weighted by Crippen LogP contribution is -2.59. The van der Waals surface area contributed by atoms with Gasteiger partial charge in [-0.25, -0.2) is 9.50 Å². The number of aromatic nitrogens is 3. The summed E-state index contributed by atoms with van der Waals surface area (Å²) in [5.41, 5.74) is 2.73. The van der Waals surface area contributed by atoms with Crippen LogP contribution in [0, 0.1) is 0 Å². The molecule has 1 spiro atoms. The number of carbonyl (C=O) groups is 2. The van der Waals surface area contributed by atoms with Gasteiger partial charge >= 0.3 is 0 Å². The summed E-state index contributed by atoms with van der Waals surface area (Å²) in [6.07, 6.45) is 5.00. The van der Waals surface area contributed by atoms with Gasteiger partial charge in [0.1, 0.15) is 0 Å². The molecule has 8 nitrogen and oxygen atoms in total. The third-order valence-electron chi connectivity index (χ3n) is 5.90. The first-order valence-corrected chi connectivity index (χ1v) is 9.80. The van der Waals surface area contributed by atoms with Crippen LogP contribution in [0.3, 0.4) is 0 Å². The predicted molar refractivity (Wildman–Crippen MR) is 109 cm³/mol. The van der Waals surface area contributed by atoms with Gasteiger partial charge in [-0.15, -0.1) is 0 Å². The molecule has 0 bridgehead atoms. The summed E-state index contributed by atoms with van der Waals surface area (Å²) >= 11 is 0. The van der Waals surface area contributed by atoms with Crippen LogP contribution in [-0.4, -0.2) is 56.5 Å². The van der Waals surface area contributed by atoms with Gasteiger partial charge < -0.3 is 15.1 Å². The van der Waals surface area contributed by atoms with E-state index in [1.165, 1.54) is 0 Å². The normalized spacial score (nSPS) is 17.8. The molecule has 1 saturated heterocycles. The minimum Gasteiger partial charge on any atom is -0.376 e. The maximum atomic E-state index is 12.9. The first-order valence-electron chi connectivity index (χ1n) is 9.80. The van der Waals surface area contributed by atoms with Crippen molar-refractivity contribution in [2.24, 2.45) is 0 Å². The molecular formula is C21H22N6O2. The number of nitrogens with zero attached hydrogens (tertiary/aromatic N) is 5. The number of likely N-dealkylation sites (tertiary alicyclic amines) is 1. The summed E-state index contributed by atoms with van der Waals surface area (Å²) in [7, 11) is 0. The molecule has 0 saturated carbocycles. The number of rotatable bonds is 1. The smallest absolute Gasteiger partial charge is 0.274 e. The van der Waals surface area contributed by atoms with Gasteiger partial charge in [0.2, 0.25) is 5.91 Å². The molecule has 29 heavy (non-hydrogen) atoms. The zero-order valence-electron chi connectivity index (χ0n) is 16.2. The monoisotopic (exact) mass is 390 g/mol. The summed E-state index contributed by atoms with van der Waals surface area (Å²) in [5, 5.41) is 8.01. The number of hydrogen-bond acceptors (Lipinski definition) is 5. The van der Waals surface area contributed by atoms with Crippen molar-refractivity contribution in [1.82, 2.24) is 19.5 Å². The maximum Gasteiger partial charge on any atom is 0.274 e. The van der Waals surface area contributed by atoms with Crippen LogP contribution in [0.15, 0.2) is 48.8 Å². The number of carbonyl (C=O) groups excluding carboxylic acids is 2. The largest absolute Gasteiger partial charge is 0.376 e. The van der Waals surface area contributed by atoms with Gasteiger partial charge in [0.25, 0.3) is 5.91 Å². The SMILES string of the molecule is CC(=O)N1CC2(CCN(C(=O)c3cc4ncccn4n3)CC2)Nc2ccccc21. The number of benzene rings is 1. The van der Waals surface area contributed by atoms with Gasteiger partial charge in [-0.1, -0.05) is 12.1 Å². The zero-order chi connectivity index (χ0) is 20.0. The molecule has 2 aliphatic rings. The van der Waals surface area contributed by atoms with Gasteiger partial charge in [-0.3, -0.25) is 9.59 Å². The average Bonchev–Trinajstić information content (AvgIpc) is 3.17. The van der Waals surface area contributed by atoms with E-state index in [1.807, 2.05) is 34.1 Å². The van der Waals surface area contributed by atoms with E-state index in [1.54, 1.807) is 36.0 Å². The molecule has 0 radical (unpaired) electrons. The van der Waals surface area contributed by atoms with Gasteiger partial charge in [0, 0.05) is 45.0 Å². The van der Waals surface area contributed by atoms with E-state index in [0.29, 0.717) is 31.0 Å². The first-order chi connectivity index (χ1) is 14.0. The number of para-hydroxylation sites is 2. The molecule has 4 heterocycles. The van der Waals surface area contributed by atoms with Crippen molar-refractivity contribution >= 4 is 28.8 Å². The summed E-state index contributed by atoms with van der Waals surface area (Å²) in [6, 6.07) is 11.4. The van der Waals surface area contributed by atoms with Crippen LogP contribution in [0.1, 0.15) is 30.3 Å². The van der Waals surface area contributed by atoms with Gasteiger partial charge in [0.15, 0.2) is 11.3 Å². The Labute approximate surface area is 168 Å². The summed E-state index contributed by atoms with van der Waals surface area (Å²) in [6.45, 7) is 3.44. The quantitative estimate of drug-likeness (QED) is 0.689. The van der Waals surface area contributed by atoms with Crippen molar-refractivity contribution in [2.45, 2.75) is 25.3 Å². The fourth-order valence-electron chi connectivity index (χ4n) is 4.33. The van der Waals surface area contributed by atoms with E-state index in [4.69, 9.17) is 0 Å². The molecule has 2 aromatic heterocycles. The molecule has 2 aliphatic heterocycles. The molecule has 0 aliphatic carbocycles. The third-order valence-corrected chi connectivity index (χ3v) is 5.90. The van der Waals surface area contributed by atoms with E-state index in [2.05, 4.69) is 15.4 Å². The Hall–Kier alpha value is -3.42. The second kappa shape index (κ2) is 6.58. The van der Waals surface area contributed by atoms with E-state index in [-0.39, 0.29) is 17.4 Å². The number of amides is 2. The predicted octanol–water partition coefficient (Wildman–Crippen LogP) is 2.18. The Balaban J connectivity index is 1.34. The Kier molecular flexibility index (Phi) is 4.01. The molecule has 2 amide bonds. The summed E-state index contributed by atoms with van der Waals surface area (Å²) < 4.78 is 1.61. The molecular weight excluding hydrogens is 368 g/mol. The molecule has 0 unspecified atom stereocenters. The molecule has 0 atom stereocenters. The van der Waals surface area contributed by atoms with Gasteiger partial charge in [-0.2, -0.15) is 5.10 Å². The molecule has 1 fully saturated rings. The lowest BCUT2D eigenvalue weighted by atomic mass is 9.84. The average molecular weight is 390 g/mol. The molecule has 1 N–H and O–H groups in total. The third kappa shape index (κ3) is 3.00. The molecule has 1 aromatic carbocycles. The summed E-state index contributed by atoms with van der Waals surface area (Å²) in [5.74, 6) is -0.0426. The number of hydrogen-bond donors (Lipinski definition) is 1. The Morgan fingerprint density at radius 1 is 1.14 bits per heavy atom. The fraction of sp³-hybridized carbons (Fsp3) is 0.333. The second-order valence-corrected chi connectivity index (χ2v) is 7.77. The van der Waals surface area contributed by atoms with E-state index in [0.717, 1.165) is 24.2 Å². The number of piperidine rings is 1. The highest BCUT2D eigenvalue weighted by Gasteiger charge is 2.42. The second-order valence-electron chi connectivity index (χ2n) is 7.77. The van der Waals surface area contributed by atoms with Crippen LogP contribution in [-0.2, 0) is 4.79 Å². The van der Waals surface area contributed by atoms with Crippen LogP contribution in [0.25, 0.3) is 5.65 Å². The minimum absolute atomic E-state index is 0.0361. The molecule has 148 valence electrons. The Morgan fingerprint density at radius 2 is 1.93 bits per heavy atom. The lowest BCUT2D eigenvalue weighted by molar-refractivity contribution is -0.116. The van der Waals surface area contributed by atoms with Crippen molar-refractivity contribution in [3.05, 3.63) is 54.5 Å². The van der Waals surface area contributed by atoms with Crippen LogP contribution >= 0.6 is 0 Å². The molecule has 8 heteroatoms. The van der Waals surface area contributed by atoms with Crippen molar-refractivity contribution in [3.63, 3.8) is 0 Å². The highest BCUT2D eigenvalue weighted by atomic mass is 16.2. The minimum atomic E-state index is -0.225. The Morgan fingerprint density at radius 3 is 2.69 bits per heavy atom. The molecule has 5 rings (SSSR count). The van der Waals surface area contributed by atoms with Gasteiger partial charge in [0.05, 0.1) is 16.9 Å². The fourth-order valence-corrected chi connectivity index (χ4v) is 4.33. The van der Waals surface area contributed by atoms with Crippen molar-refractivity contribution in [3.8, 4) is 0 Å². The number of anilines is 2. The highest BCUT2D eigenvalue weighted by Crippen LogP contribution is 2.39. The lowest BCUT2D eigenvalue weighted by Gasteiger charge is -2.48. The van der Waals surface area contributed by atoms with Crippen LogP contribution in [0.5, 0.6) is 0 Å². The highest BCUT2D eigenvalue weighted by molar-refractivity contribution is 5.97. The zero-order valence-corrected chi connectivity index (χ0v) is 16.2. The number of fused-ring (bicyclic) bond motifs is 2. The maximum absolute atomic E-state index is 12.9. The van der Waals surface area contributed by atoms with Crippen molar-refractivity contribution < 1.29 is 9.59 Å².